The molecule has 5 unspecified atom stereocenters. The predicted octanol–water partition coefficient (Wildman–Crippen LogP) is 8.94. The molecule has 7 heterocycles. The number of carbonyl (C=O) groups excluding carboxylic acids is 1. The van der Waals surface area contributed by atoms with Gasteiger partial charge in [0.05, 0.1) is 58.8 Å². The van der Waals surface area contributed by atoms with Crippen LogP contribution in [0.5, 0.6) is 5.88 Å². The maximum Gasteiger partial charge on any atom is 0.410 e. The van der Waals surface area contributed by atoms with Crippen LogP contribution in [0.3, 0.4) is 0 Å². The second-order valence-electron chi connectivity index (χ2n) is 15.8. The molecule has 2 aromatic carbocycles. The number of hydrogen-bond donors (Lipinski definition) is 2. The first kappa shape index (κ1) is 38.2. The number of halogens is 3. The average molecular weight is 821 g/mol. The molecule has 0 radical (unpaired) electrons. The van der Waals surface area contributed by atoms with Crippen molar-refractivity contribution in [3.05, 3.63) is 106 Å². The van der Waals surface area contributed by atoms with Crippen LogP contribution < -0.4 is 10.1 Å². The molecule has 1 saturated carbocycles. The minimum absolute atomic E-state index is 0.00966. The van der Waals surface area contributed by atoms with Crippen LogP contribution in [0.1, 0.15) is 62.1 Å². The fourth-order valence-corrected chi connectivity index (χ4v) is 9.53. The van der Waals surface area contributed by atoms with Crippen molar-refractivity contribution < 1.29 is 23.8 Å². The highest BCUT2D eigenvalue weighted by Crippen LogP contribution is 2.51. The van der Waals surface area contributed by atoms with E-state index in [0.717, 1.165) is 29.6 Å². The minimum Gasteiger partial charge on any atom is -0.472 e. The largest absolute Gasteiger partial charge is 0.472 e. The molecule has 296 valence electrons. The van der Waals surface area contributed by atoms with Crippen molar-refractivity contribution in [1.82, 2.24) is 29.7 Å². The van der Waals surface area contributed by atoms with E-state index < -0.39 is 29.7 Å². The summed E-state index contributed by atoms with van der Waals surface area (Å²) in [7, 11) is 1.37. The molecule has 3 aliphatic heterocycles. The van der Waals surface area contributed by atoms with Crippen LogP contribution in [-0.2, 0) is 16.8 Å². The number of hydrogen-bond acceptors (Lipinski definition) is 9. The number of nitrogens with zero attached hydrogens (tertiary/aromatic N) is 6. The van der Waals surface area contributed by atoms with Gasteiger partial charge in [-0.3, -0.25) is 9.88 Å². The Morgan fingerprint density at radius 1 is 1.10 bits per heavy atom. The number of benzene rings is 2. The number of ether oxygens (including phenoxy) is 2. The lowest BCUT2D eigenvalue weighted by molar-refractivity contribution is 0.0739. The third-order valence-electron chi connectivity index (χ3n) is 11.8. The van der Waals surface area contributed by atoms with Crippen molar-refractivity contribution in [2.24, 2.45) is 5.92 Å². The zero-order chi connectivity index (χ0) is 40.5. The fourth-order valence-electron chi connectivity index (χ4n) is 9.13. The smallest absolute Gasteiger partial charge is 0.410 e. The normalized spacial score (nSPS) is 21.3. The Bertz CT molecular complexity index is 2610. The van der Waals surface area contributed by atoms with Gasteiger partial charge in [0.15, 0.2) is 5.82 Å². The lowest BCUT2D eigenvalue weighted by Gasteiger charge is -2.39. The first-order chi connectivity index (χ1) is 28.0. The van der Waals surface area contributed by atoms with Gasteiger partial charge in [-0.05, 0) is 74.6 Å². The summed E-state index contributed by atoms with van der Waals surface area (Å²) in [5, 5.41) is 25.9. The second kappa shape index (κ2) is 14.8. The number of aliphatic hydroxyl groups is 1. The van der Waals surface area contributed by atoms with Crippen LogP contribution in [0, 0.1) is 23.1 Å². The fraction of sp³-hybridized carbons (Fsp3) is 0.341. The average Bonchev–Trinajstić information content (AvgIpc) is 4.03. The number of pyridine rings is 3. The molecule has 10 rings (SSSR count). The molecule has 3 saturated heterocycles. The number of fused-ring (bicyclic) bond motifs is 4. The molecular weight excluding hydrogens is 780 g/mol. The van der Waals surface area contributed by atoms with Crippen LogP contribution in [0.15, 0.2) is 73.1 Å². The zero-order valence-electron chi connectivity index (χ0n) is 32.0. The number of aryl methyl sites for hydroxylation is 1. The van der Waals surface area contributed by atoms with Gasteiger partial charge < -0.3 is 24.5 Å². The molecule has 0 spiro atoms. The van der Waals surface area contributed by atoms with Crippen LogP contribution in [0.2, 0.25) is 10.0 Å². The van der Waals surface area contributed by atoms with Gasteiger partial charge >= 0.3 is 6.09 Å². The summed E-state index contributed by atoms with van der Waals surface area (Å²) in [5.74, 6) is 0.152. The number of rotatable bonds is 9. The van der Waals surface area contributed by atoms with E-state index in [-0.39, 0.29) is 52.6 Å². The first-order valence-corrected chi connectivity index (χ1v) is 20.1. The maximum atomic E-state index is 17.8. The van der Waals surface area contributed by atoms with Gasteiger partial charge in [0, 0.05) is 77.0 Å². The van der Waals surface area contributed by atoms with Gasteiger partial charge in [-0.2, -0.15) is 5.26 Å². The van der Waals surface area contributed by atoms with Crippen LogP contribution in [0.25, 0.3) is 44.2 Å². The molecule has 14 heteroatoms. The third-order valence-corrected chi connectivity index (χ3v) is 12.7. The van der Waals surface area contributed by atoms with Gasteiger partial charge in [0.25, 0.3) is 0 Å². The number of amides is 1. The van der Waals surface area contributed by atoms with Crippen molar-refractivity contribution in [3.8, 4) is 34.3 Å². The molecule has 58 heavy (non-hydrogen) atoms. The summed E-state index contributed by atoms with van der Waals surface area (Å²) < 4.78 is 31.8. The topological polar surface area (TPSA) is 138 Å². The Labute approximate surface area is 344 Å². The standard InChI is InChI=1S/C44H40Cl2FN7O4/c1-44(2,56)34-13-12-24(20-51-34)39-29-19-33(32-18-26(22-53(32)43(55)57-3)58-35-11-4-5-15-49-35)54(41-25-17-31(41)50-21-25)42(29)28-16-23(8-7-14-48)36(38(47)40(28)52-39)27-9-6-10-30(45)37(27)46/h4-6,9-13,15-16,19-20,25-26,31-32,41,50,56H,7-8,17-18,21-22H2,1-3H3. The number of methoxy groups -OCH3 is 1. The Hall–Kier alpha value is -5.32. The summed E-state index contributed by atoms with van der Waals surface area (Å²) in [5.41, 5.74) is 3.29. The molecule has 1 aliphatic carbocycles. The molecule has 5 atom stereocenters. The van der Waals surface area contributed by atoms with E-state index in [1.54, 1.807) is 61.5 Å². The third kappa shape index (κ3) is 6.41. The van der Waals surface area contributed by atoms with E-state index in [2.05, 4.69) is 32.0 Å². The van der Waals surface area contributed by atoms with Crippen molar-refractivity contribution in [2.75, 3.05) is 20.2 Å². The van der Waals surface area contributed by atoms with E-state index in [4.69, 9.17) is 37.7 Å². The zero-order valence-corrected chi connectivity index (χ0v) is 33.6. The predicted molar refractivity (Wildman–Crippen MR) is 219 cm³/mol. The number of likely N-dealkylation sites (tertiary alicyclic amines) is 1. The molecule has 2 N–H and O–H groups in total. The Morgan fingerprint density at radius 3 is 2.62 bits per heavy atom. The van der Waals surface area contributed by atoms with Crippen molar-refractivity contribution in [3.63, 3.8) is 0 Å². The van der Waals surface area contributed by atoms with Gasteiger partial charge in [-0.25, -0.2) is 19.2 Å². The summed E-state index contributed by atoms with van der Waals surface area (Å²) in [6, 6.07) is 20.0. The molecule has 4 aromatic heterocycles. The minimum atomic E-state index is -1.19. The van der Waals surface area contributed by atoms with Crippen LogP contribution in [-0.4, -0.2) is 68.0 Å². The summed E-state index contributed by atoms with van der Waals surface area (Å²) in [4.78, 5) is 29.4. The molecule has 4 fully saturated rings. The molecule has 6 aromatic rings. The Balaban J connectivity index is 1.35. The van der Waals surface area contributed by atoms with Gasteiger partial charge in [-0.15, -0.1) is 0 Å². The van der Waals surface area contributed by atoms with Crippen LogP contribution >= 0.6 is 23.2 Å². The molecular formula is C44H40Cl2FN7O4. The van der Waals surface area contributed by atoms with Gasteiger partial charge in [-0.1, -0.05) is 41.4 Å². The molecule has 2 bridgehead atoms. The van der Waals surface area contributed by atoms with Gasteiger partial charge in [0.2, 0.25) is 5.88 Å². The van der Waals surface area contributed by atoms with E-state index in [9.17, 15) is 15.2 Å². The van der Waals surface area contributed by atoms with E-state index in [1.807, 2.05) is 24.3 Å². The number of nitriles is 1. The highest BCUT2D eigenvalue weighted by Gasteiger charge is 2.51. The van der Waals surface area contributed by atoms with E-state index in [1.165, 1.54) is 7.11 Å². The molecule has 11 nitrogen and oxygen atoms in total. The lowest BCUT2D eigenvalue weighted by atomic mass is 9.79. The van der Waals surface area contributed by atoms with Crippen LogP contribution in [0.4, 0.5) is 9.18 Å². The molecule has 4 aliphatic rings. The van der Waals surface area contributed by atoms with Crippen molar-refractivity contribution in [1.29, 1.82) is 5.26 Å². The maximum absolute atomic E-state index is 17.8. The highest BCUT2D eigenvalue weighted by molar-refractivity contribution is 6.43. The van der Waals surface area contributed by atoms with Crippen molar-refractivity contribution >= 4 is 51.1 Å². The number of nitrogens with one attached hydrogen (secondary N) is 1. The molecule has 1 amide bonds. The van der Waals surface area contributed by atoms with Crippen molar-refractivity contribution in [2.45, 2.75) is 69.4 Å². The van der Waals surface area contributed by atoms with Gasteiger partial charge in [0.1, 0.15) is 17.2 Å². The number of aromatic nitrogens is 4. The lowest BCUT2D eigenvalue weighted by Crippen LogP contribution is -2.41. The SMILES string of the molecule is COC(=O)N1CC(Oc2ccccn2)CC1c1cc2c(-c3ccc(C(C)(C)O)nc3)nc3c(F)c(-c4cccc(Cl)c4Cl)c(CCC#N)cc3c2n1C1C2CNC1C2. The summed E-state index contributed by atoms with van der Waals surface area (Å²) in [6.45, 7) is 4.41. The summed E-state index contributed by atoms with van der Waals surface area (Å²) >= 11 is 13.3. The first-order valence-electron chi connectivity index (χ1n) is 19.3. The highest BCUT2D eigenvalue weighted by atomic mass is 35.5. The quantitative estimate of drug-likeness (QED) is 0.146. The van der Waals surface area contributed by atoms with E-state index in [0.29, 0.717) is 51.7 Å². The Kier molecular flexibility index (Phi) is 9.76. The number of carbonyl (C=O) groups is 1. The monoisotopic (exact) mass is 819 g/mol. The Morgan fingerprint density at radius 2 is 1.95 bits per heavy atom. The van der Waals surface area contributed by atoms with E-state index >= 15 is 4.39 Å². The summed E-state index contributed by atoms with van der Waals surface area (Å²) in [6.07, 6.45) is 4.24. The second-order valence-corrected chi connectivity index (χ2v) is 16.6.